The van der Waals surface area contributed by atoms with E-state index in [4.69, 9.17) is 21.7 Å². The Morgan fingerprint density at radius 1 is 1.06 bits per heavy atom. The first-order chi connectivity index (χ1) is 25.6. The highest BCUT2D eigenvalue weighted by atomic mass is 35.5. The maximum atomic E-state index is 15.7. The second kappa shape index (κ2) is 18.6. The molecule has 1 fully saturated rings. The van der Waals surface area contributed by atoms with Gasteiger partial charge in [-0.05, 0) is 44.5 Å². The number of anilines is 1. The second-order valence-corrected chi connectivity index (χ2v) is 14.3. The number of rotatable bonds is 15. The number of aromatic nitrogens is 2. The molecule has 3 amide bonds. The van der Waals surface area contributed by atoms with Crippen molar-refractivity contribution in [3.63, 3.8) is 0 Å². The van der Waals surface area contributed by atoms with Crippen molar-refractivity contribution in [2.75, 3.05) is 79.4 Å². The van der Waals surface area contributed by atoms with Crippen molar-refractivity contribution in [3.05, 3.63) is 75.8 Å². The van der Waals surface area contributed by atoms with E-state index >= 15 is 8.78 Å². The van der Waals surface area contributed by atoms with Crippen LogP contribution in [0.2, 0.25) is 5.02 Å². The summed E-state index contributed by atoms with van der Waals surface area (Å²) < 4.78 is 37.9. The number of amides is 3. The number of quaternary nitrogens is 1. The number of allylic oxidation sites excluding steroid dienone is 2. The molecule has 2 heterocycles. The van der Waals surface area contributed by atoms with Crippen LogP contribution < -0.4 is 10.2 Å². The summed E-state index contributed by atoms with van der Waals surface area (Å²) in [5.41, 5.74) is 1.50. The van der Waals surface area contributed by atoms with Crippen LogP contribution in [0.25, 0.3) is 16.8 Å². The lowest BCUT2D eigenvalue weighted by atomic mass is 9.96. The van der Waals surface area contributed by atoms with Gasteiger partial charge in [-0.3, -0.25) is 14.4 Å². The largest absolute Gasteiger partial charge is 0.383 e. The van der Waals surface area contributed by atoms with Gasteiger partial charge in [-0.15, -0.1) is 0 Å². The Hall–Kier alpha value is -4.66. The van der Waals surface area contributed by atoms with Crippen LogP contribution in [0.3, 0.4) is 0 Å². The molecule has 0 spiro atoms. The number of hydrogen-bond donors (Lipinski definition) is 3. The van der Waals surface area contributed by atoms with E-state index in [1.54, 1.807) is 32.0 Å². The van der Waals surface area contributed by atoms with Gasteiger partial charge in [0, 0.05) is 100 Å². The fourth-order valence-electron chi connectivity index (χ4n) is 6.54. The number of benzene rings is 2. The van der Waals surface area contributed by atoms with E-state index in [-0.39, 0.29) is 62.2 Å². The molecule has 0 saturated carbocycles. The van der Waals surface area contributed by atoms with Gasteiger partial charge in [0.1, 0.15) is 0 Å². The van der Waals surface area contributed by atoms with E-state index < -0.39 is 17.5 Å². The molecule has 3 aromatic rings. The molecule has 15 heteroatoms. The third-order valence-electron chi connectivity index (χ3n) is 9.93. The summed E-state index contributed by atoms with van der Waals surface area (Å²) in [5, 5.41) is 11.2. The average molecular weight is 770 g/mol. The number of nitrogens with one attached hydrogen (secondary N) is 3. The monoisotopic (exact) mass is 769 g/mol. The average Bonchev–Trinajstić information content (AvgIpc) is 3.52. The lowest BCUT2D eigenvalue weighted by molar-refractivity contribution is -0.858. The minimum Gasteiger partial charge on any atom is -0.383 e. The highest BCUT2D eigenvalue weighted by Crippen LogP contribution is 2.32. The summed E-state index contributed by atoms with van der Waals surface area (Å²) in [6.45, 7) is 8.77. The molecule has 0 radical (unpaired) electrons. The van der Waals surface area contributed by atoms with Gasteiger partial charge >= 0.3 is 0 Å². The molecule has 2 aromatic carbocycles. The van der Waals surface area contributed by atoms with E-state index in [0.717, 1.165) is 19.4 Å². The first-order valence-corrected chi connectivity index (χ1v) is 18.4. The van der Waals surface area contributed by atoms with Crippen LogP contribution in [-0.4, -0.2) is 122 Å². The number of ether oxygens (including phenoxy) is 1. The number of methoxy groups -OCH3 is 1. The number of nitrogens with zero attached hydrogens (tertiary/aromatic N) is 5. The zero-order valence-electron chi connectivity index (χ0n) is 32.4. The fraction of sp³-hybridized carbons (Fsp3) is 0.462. The molecular formula is C39H52ClF2N8O4+. The standard InChI is InChI=1S/C39H51ClF2N8O4/c1-9-26(14-15-46(4)5)38(52)49-16-18-50(19-17-49)39(53)28-11-10-27(22-31(28)40)45-37(51)36-44-23-32(48(36)7)29-12-13-30(35(42)34(29)41)33(24(2)43)25(3)47(6)20-21-54-8/h10-13,22-23,26,43H,9,14-21H2,1-8H3,(H,45,51)/p+1/b33-25+,43-24?. The topological polar surface area (TPSA) is 128 Å². The summed E-state index contributed by atoms with van der Waals surface area (Å²) in [4.78, 5) is 50.6. The minimum atomic E-state index is -1.14. The van der Waals surface area contributed by atoms with Crippen LogP contribution >= 0.6 is 11.6 Å². The van der Waals surface area contributed by atoms with Gasteiger partial charge in [-0.2, -0.15) is 0 Å². The van der Waals surface area contributed by atoms with Crippen molar-refractivity contribution in [1.29, 1.82) is 5.41 Å². The maximum Gasteiger partial charge on any atom is 0.291 e. The van der Waals surface area contributed by atoms with Gasteiger partial charge in [-0.1, -0.05) is 24.6 Å². The second-order valence-electron chi connectivity index (χ2n) is 13.9. The maximum absolute atomic E-state index is 15.7. The summed E-state index contributed by atoms with van der Waals surface area (Å²) >= 11 is 6.55. The smallest absolute Gasteiger partial charge is 0.291 e. The number of piperazine rings is 1. The molecule has 1 unspecified atom stereocenters. The van der Waals surface area contributed by atoms with Gasteiger partial charge in [0.2, 0.25) is 5.91 Å². The van der Waals surface area contributed by atoms with Gasteiger partial charge in [0.15, 0.2) is 17.5 Å². The van der Waals surface area contributed by atoms with E-state index in [0.29, 0.717) is 50.7 Å². The quantitative estimate of drug-likeness (QED) is 0.196. The third-order valence-corrected chi connectivity index (χ3v) is 10.2. The van der Waals surface area contributed by atoms with Crippen LogP contribution in [0.1, 0.15) is 60.2 Å². The Morgan fingerprint density at radius 3 is 2.30 bits per heavy atom. The van der Waals surface area contributed by atoms with E-state index in [1.807, 2.05) is 16.7 Å². The van der Waals surface area contributed by atoms with E-state index in [9.17, 15) is 14.4 Å². The van der Waals surface area contributed by atoms with Crippen molar-refractivity contribution in [2.45, 2.75) is 33.6 Å². The Kier molecular flexibility index (Phi) is 14.5. The SMILES string of the molecule is CCC(CC[NH+](C)C)C(=O)N1CCN(C(=O)c2ccc(NC(=O)c3ncc(-c4ccc(/C(C(C)=N)=C(\C)N(C)CCOC)c(F)c4F)n3C)cc2Cl)CC1. The molecule has 3 N–H and O–H groups in total. The molecule has 1 aliphatic heterocycles. The fourth-order valence-corrected chi connectivity index (χ4v) is 6.80. The van der Waals surface area contributed by atoms with Crippen molar-refractivity contribution < 1.29 is 32.8 Å². The number of carbonyl (C=O) groups is 3. The highest BCUT2D eigenvalue weighted by molar-refractivity contribution is 6.34. The molecular weight excluding hydrogens is 718 g/mol. The lowest BCUT2D eigenvalue weighted by Gasteiger charge is -2.36. The van der Waals surface area contributed by atoms with Crippen LogP contribution in [0.15, 0.2) is 42.2 Å². The number of halogens is 3. The molecule has 1 atom stereocenters. The lowest BCUT2D eigenvalue weighted by Crippen LogP contribution is -3.05. The molecule has 4 rings (SSSR count). The summed E-state index contributed by atoms with van der Waals surface area (Å²) in [5.74, 6) is -3.14. The van der Waals surface area contributed by atoms with E-state index in [2.05, 4.69) is 24.4 Å². The predicted octanol–water partition coefficient (Wildman–Crippen LogP) is 4.47. The Bertz CT molecular complexity index is 1900. The van der Waals surface area contributed by atoms with Crippen LogP contribution in [0.4, 0.5) is 14.5 Å². The molecule has 54 heavy (non-hydrogen) atoms. The normalized spacial score (nSPS) is 14.2. The molecule has 12 nitrogen and oxygen atoms in total. The zero-order chi connectivity index (χ0) is 39.9. The summed E-state index contributed by atoms with van der Waals surface area (Å²) in [6.07, 6.45) is 2.88. The Labute approximate surface area is 321 Å². The van der Waals surface area contributed by atoms with Crippen molar-refractivity contribution in [3.8, 4) is 11.3 Å². The Balaban J connectivity index is 1.45. The Morgan fingerprint density at radius 2 is 1.70 bits per heavy atom. The summed E-state index contributed by atoms with van der Waals surface area (Å²) in [7, 11) is 9.01. The first-order valence-electron chi connectivity index (χ1n) is 18.1. The highest BCUT2D eigenvalue weighted by Gasteiger charge is 2.30. The third kappa shape index (κ3) is 9.52. The van der Waals surface area contributed by atoms with Crippen molar-refractivity contribution >= 4 is 46.3 Å². The van der Waals surface area contributed by atoms with Crippen molar-refractivity contribution in [1.82, 2.24) is 24.3 Å². The molecule has 1 aliphatic rings. The number of carbonyl (C=O) groups excluding carboxylic acids is 3. The molecule has 292 valence electrons. The van der Waals surface area contributed by atoms with E-state index in [1.165, 1.54) is 53.9 Å². The number of hydrogen-bond acceptors (Lipinski definition) is 7. The van der Waals surface area contributed by atoms with Crippen molar-refractivity contribution in [2.24, 2.45) is 13.0 Å². The number of imidazole rings is 1. The summed E-state index contributed by atoms with van der Waals surface area (Å²) in [6, 6.07) is 7.38. The van der Waals surface area contributed by atoms with Gasteiger partial charge in [0.05, 0.1) is 49.7 Å². The predicted molar refractivity (Wildman–Crippen MR) is 207 cm³/mol. The first kappa shape index (κ1) is 42.1. The molecule has 1 saturated heterocycles. The van der Waals surface area contributed by atoms with Crippen LogP contribution in [0.5, 0.6) is 0 Å². The molecule has 0 aliphatic carbocycles. The zero-order valence-corrected chi connectivity index (χ0v) is 33.2. The minimum absolute atomic E-state index is 0.0325. The van der Waals surface area contributed by atoms with Crippen LogP contribution in [-0.2, 0) is 16.6 Å². The number of likely N-dealkylation sites (N-methyl/N-ethyl adjacent to an activating group) is 1. The molecule has 1 aromatic heterocycles. The molecule has 0 bridgehead atoms. The van der Waals surface area contributed by atoms with Gasteiger partial charge < -0.3 is 39.6 Å². The van der Waals surface area contributed by atoms with Crippen LogP contribution in [0, 0.1) is 23.0 Å². The van der Waals surface area contributed by atoms with Gasteiger partial charge in [0.25, 0.3) is 11.8 Å². The van der Waals surface area contributed by atoms with Gasteiger partial charge in [-0.25, -0.2) is 13.8 Å².